The van der Waals surface area contributed by atoms with Crippen molar-refractivity contribution in [2.45, 2.75) is 38.5 Å². The molecule has 5 nitrogen and oxygen atoms in total. The largest absolute Gasteiger partial charge is 0.416 e. The van der Waals surface area contributed by atoms with Crippen LogP contribution in [0.5, 0.6) is 0 Å². The van der Waals surface area contributed by atoms with Gasteiger partial charge in [-0.05, 0) is 44.0 Å². The van der Waals surface area contributed by atoms with E-state index < -0.39 is 11.7 Å². The lowest BCUT2D eigenvalue weighted by Crippen LogP contribution is -2.45. The smallest absolute Gasteiger partial charge is 0.383 e. The van der Waals surface area contributed by atoms with E-state index >= 15 is 0 Å². The van der Waals surface area contributed by atoms with Gasteiger partial charge in [0.1, 0.15) is 0 Å². The van der Waals surface area contributed by atoms with Crippen LogP contribution >= 0.6 is 0 Å². The fourth-order valence-electron chi connectivity index (χ4n) is 3.20. The van der Waals surface area contributed by atoms with Gasteiger partial charge in [0.25, 0.3) is 0 Å². The number of benzene rings is 1. The molecule has 2 rings (SSSR count). The summed E-state index contributed by atoms with van der Waals surface area (Å²) in [7, 11) is 1.70. The van der Waals surface area contributed by atoms with Gasteiger partial charge in [-0.2, -0.15) is 13.2 Å². The minimum Gasteiger partial charge on any atom is -0.383 e. The summed E-state index contributed by atoms with van der Waals surface area (Å²) in [6.07, 6.45) is -2.06. The molecule has 1 aromatic rings. The lowest BCUT2D eigenvalue weighted by molar-refractivity contribution is -0.137. The van der Waals surface area contributed by atoms with E-state index in [0.29, 0.717) is 30.7 Å². The highest BCUT2D eigenvalue weighted by Gasteiger charge is 2.30. The highest BCUT2D eigenvalue weighted by molar-refractivity contribution is 5.79. The van der Waals surface area contributed by atoms with Crippen molar-refractivity contribution in [3.05, 3.63) is 35.4 Å². The van der Waals surface area contributed by atoms with Crippen molar-refractivity contribution in [3.8, 4) is 0 Å². The number of ether oxygens (including phenoxy) is 1. The normalized spacial score (nSPS) is 18.7. The zero-order chi connectivity index (χ0) is 19.7. The second kappa shape index (κ2) is 10.5. The number of hydrogen-bond acceptors (Lipinski definition) is 3. The van der Waals surface area contributed by atoms with E-state index in [0.717, 1.165) is 44.6 Å². The number of hydrogen-bond donors (Lipinski definition) is 2. The highest BCUT2D eigenvalue weighted by atomic mass is 19.4. The molecule has 0 saturated carbocycles. The van der Waals surface area contributed by atoms with E-state index in [1.54, 1.807) is 13.2 Å². The molecule has 2 N–H and O–H groups in total. The Hall–Kier alpha value is -1.80. The first-order valence-electron chi connectivity index (χ1n) is 9.35. The summed E-state index contributed by atoms with van der Waals surface area (Å²) in [5.41, 5.74) is -0.113. The van der Waals surface area contributed by atoms with Crippen molar-refractivity contribution < 1.29 is 17.9 Å². The molecule has 27 heavy (non-hydrogen) atoms. The molecule has 8 heteroatoms. The molecule has 1 fully saturated rings. The van der Waals surface area contributed by atoms with Crippen LogP contribution in [-0.4, -0.2) is 56.8 Å². The Morgan fingerprint density at radius 3 is 2.85 bits per heavy atom. The van der Waals surface area contributed by atoms with Crippen molar-refractivity contribution in [3.63, 3.8) is 0 Å². The first-order chi connectivity index (χ1) is 12.9. The molecule has 1 aromatic carbocycles. The Kier molecular flexibility index (Phi) is 8.37. The minimum atomic E-state index is -4.34. The van der Waals surface area contributed by atoms with E-state index in [4.69, 9.17) is 4.74 Å². The minimum absolute atomic E-state index is 0.192. The molecule has 1 saturated heterocycles. The first kappa shape index (κ1) is 21.5. The maximum atomic E-state index is 12.8. The summed E-state index contributed by atoms with van der Waals surface area (Å²) in [5.74, 6) is 0.619. The maximum absolute atomic E-state index is 12.8. The van der Waals surface area contributed by atoms with Gasteiger partial charge < -0.3 is 15.4 Å². The van der Waals surface area contributed by atoms with E-state index in [9.17, 15) is 13.2 Å². The number of guanidine groups is 1. The number of rotatable bonds is 8. The van der Waals surface area contributed by atoms with Crippen molar-refractivity contribution in [1.82, 2.24) is 15.5 Å². The van der Waals surface area contributed by atoms with Crippen LogP contribution in [0.15, 0.2) is 29.3 Å². The number of nitrogens with one attached hydrogen (secondary N) is 2. The standard InChI is InChI=1S/C19H29F3N4O/c1-3-23-18(25-14-17-8-5-9-26(17)10-11-27-2)24-13-15-6-4-7-16(12-15)19(20,21)22/h4,6-7,12,17H,3,5,8-11,13-14H2,1-2H3,(H2,23,24,25). The number of nitrogens with zero attached hydrogens (tertiary/aromatic N) is 2. The molecule has 1 aliphatic heterocycles. The molecule has 1 aliphatic rings. The summed E-state index contributed by atoms with van der Waals surface area (Å²) in [6, 6.07) is 5.71. The Morgan fingerprint density at radius 1 is 1.33 bits per heavy atom. The first-order valence-corrected chi connectivity index (χ1v) is 9.35. The molecule has 152 valence electrons. The molecule has 0 amide bonds. The van der Waals surface area contributed by atoms with Gasteiger partial charge in [0.05, 0.1) is 18.7 Å². The third-order valence-corrected chi connectivity index (χ3v) is 4.61. The van der Waals surface area contributed by atoms with E-state index in [1.165, 1.54) is 6.07 Å². The SMILES string of the molecule is CCNC(=NCc1cccc(C(F)(F)F)c1)NCC1CCCN1CCOC. The number of alkyl halides is 3. The topological polar surface area (TPSA) is 48.9 Å². The van der Waals surface area contributed by atoms with Gasteiger partial charge in [-0.3, -0.25) is 4.90 Å². The van der Waals surface area contributed by atoms with Crippen LogP contribution in [0.4, 0.5) is 13.2 Å². The van der Waals surface area contributed by atoms with Crippen molar-refractivity contribution in [2.75, 3.05) is 39.9 Å². The van der Waals surface area contributed by atoms with Crippen molar-refractivity contribution in [1.29, 1.82) is 0 Å². The number of halogens is 3. The van der Waals surface area contributed by atoms with Gasteiger partial charge in [-0.15, -0.1) is 0 Å². The lowest BCUT2D eigenvalue weighted by Gasteiger charge is -2.25. The van der Waals surface area contributed by atoms with Crippen LogP contribution in [0, 0.1) is 0 Å². The third-order valence-electron chi connectivity index (χ3n) is 4.61. The number of aliphatic imine (C=N–C) groups is 1. The Bertz CT molecular complexity index is 607. The predicted molar refractivity (Wildman–Crippen MR) is 101 cm³/mol. The van der Waals surface area contributed by atoms with Crippen LogP contribution < -0.4 is 10.6 Å². The third kappa shape index (κ3) is 7.03. The Balaban J connectivity index is 1.94. The van der Waals surface area contributed by atoms with Crippen LogP contribution in [0.2, 0.25) is 0 Å². The van der Waals surface area contributed by atoms with Gasteiger partial charge in [0.2, 0.25) is 0 Å². The molecule has 1 atom stereocenters. The Morgan fingerprint density at radius 2 is 2.15 bits per heavy atom. The van der Waals surface area contributed by atoms with Gasteiger partial charge >= 0.3 is 6.18 Å². The highest BCUT2D eigenvalue weighted by Crippen LogP contribution is 2.29. The summed E-state index contributed by atoms with van der Waals surface area (Å²) in [6.45, 7) is 6.26. The zero-order valence-corrected chi connectivity index (χ0v) is 16.0. The number of likely N-dealkylation sites (tertiary alicyclic amines) is 1. The molecule has 1 heterocycles. The molecule has 0 bridgehead atoms. The van der Waals surface area contributed by atoms with Gasteiger partial charge in [0.15, 0.2) is 5.96 Å². The maximum Gasteiger partial charge on any atom is 0.416 e. The molecule has 0 aliphatic carbocycles. The zero-order valence-electron chi connectivity index (χ0n) is 16.0. The van der Waals surface area contributed by atoms with Crippen molar-refractivity contribution >= 4 is 5.96 Å². The predicted octanol–water partition coefficient (Wildman–Crippen LogP) is 2.87. The van der Waals surface area contributed by atoms with Crippen molar-refractivity contribution in [2.24, 2.45) is 4.99 Å². The fraction of sp³-hybridized carbons (Fsp3) is 0.632. The fourth-order valence-corrected chi connectivity index (χ4v) is 3.20. The average molecular weight is 386 g/mol. The Labute approximate surface area is 159 Å². The molecule has 0 spiro atoms. The van der Waals surface area contributed by atoms with Crippen LogP contribution in [-0.2, 0) is 17.5 Å². The summed E-state index contributed by atoms with van der Waals surface area (Å²) in [5, 5.41) is 6.47. The van der Waals surface area contributed by atoms with Gasteiger partial charge in [-0.25, -0.2) is 4.99 Å². The molecular formula is C19H29F3N4O. The van der Waals surface area contributed by atoms with E-state index in [-0.39, 0.29) is 6.54 Å². The molecule has 0 aromatic heterocycles. The van der Waals surface area contributed by atoms with Crippen LogP contribution in [0.3, 0.4) is 0 Å². The van der Waals surface area contributed by atoms with Gasteiger partial charge in [0, 0.05) is 32.8 Å². The van der Waals surface area contributed by atoms with Gasteiger partial charge in [-0.1, -0.05) is 12.1 Å². The molecule has 0 radical (unpaired) electrons. The summed E-state index contributed by atoms with van der Waals surface area (Å²) >= 11 is 0. The summed E-state index contributed by atoms with van der Waals surface area (Å²) < 4.78 is 43.7. The molecular weight excluding hydrogens is 357 g/mol. The van der Waals surface area contributed by atoms with Crippen LogP contribution in [0.25, 0.3) is 0 Å². The second-order valence-electron chi connectivity index (χ2n) is 6.60. The molecule has 1 unspecified atom stereocenters. The van der Waals surface area contributed by atoms with E-state index in [1.807, 2.05) is 6.92 Å². The quantitative estimate of drug-likeness (QED) is 0.533. The average Bonchev–Trinajstić information content (AvgIpc) is 3.09. The summed E-state index contributed by atoms with van der Waals surface area (Å²) in [4.78, 5) is 6.83. The lowest BCUT2D eigenvalue weighted by atomic mass is 10.1. The second-order valence-corrected chi connectivity index (χ2v) is 6.60. The van der Waals surface area contributed by atoms with Crippen LogP contribution in [0.1, 0.15) is 30.9 Å². The monoisotopic (exact) mass is 386 g/mol. The van der Waals surface area contributed by atoms with E-state index in [2.05, 4.69) is 20.5 Å². The number of methoxy groups -OCH3 is 1.